The number of nitrogens with one attached hydrogen (secondary N) is 1. The molecule has 0 saturated carbocycles. The van der Waals surface area contributed by atoms with Gasteiger partial charge in [0, 0.05) is 37.6 Å². The van der Waals surface area contributed by atoms with E-state index in [4.69, 9.17) is 17.3 Å². The molecule has 1 fully saturated rings. The van der Waals surface area contributed by atoms with Gasteiger partial charge in [0.2, 0.25) is 5.91 Å². The summed E-state index contributed by atoms with van der Waals surface area (Å²) in [5.74, 6) is -0.0157. The molecule has 116 valence electrons. The highest BCUT2D eigenvalue weighted by atomic mass is 35.5. The van der Waals surface area contributed by atoms with Crippen LogP contribution in [0, 0.1) is 0 Å². The van der Waals surface area contributed by atoms with Crippen LogP contribution in [-0.2, 0) is 4.79 Å². The molecule has 0 unspecified atom stereocenters. The van der Waals surface area contributed by atoms with Crippen LogP contribution in [0.4, 0.5) is 11.4 Å². The Morgan fingerprint density at radius 2 is 2.05 bits per heavy atom. The van der Waals surface area contributed by atoms with Crippen molar-refractivity contribution in [1.82, 2.24) is 9.80 Å². The van der Waals surface area contributed by atoms with Crippen molar-refractivity contribution in [2.75, 3.05) is 50.8 Å². The van der Waals surface area contributed by atoms with E-state index in [0.717, 1.165) is 39.1 Å². The predicted molar refractivity (Wildman–Crippen MR) is 87.7 cm³/mol. The van der Waals surface area contributed by atoms with E-state index in [1.807, 2.05) is 0 Å². The number of nitrogen functional groups attached to an aromatic ring is 1. The lowest BCUT2D eigenvalue weighted by atomic mass is 10.2. The maximum Gasteiger partial charge on any atom is 0.224 e. The van der Waals surface area contributed by atoms with Gasteiger partial charge < -0.3 is 20.9 Å². The van der Waals surface area contributed by atoms with Gasteiger partial charge in [0.05, 0.1) is 11.4 Å². The largest absolute Gasteiger partial charge is 0.397 e. The van der Waals surface area contributed by atoms with Gasteiger partial charge >= 0.3 is 0 Å². The molecule has 2 rings (SSSR count). The Labute approximate surface area is 131 Å². The molecule has 1 aliphatic rings. The van der Waals surface area contributed by atoms with Crippen LogP contribution >= 0.6 is 11.6 Å². The third-order valence-corrected chi connectivity index (χ3v) is 4.00. The number of hydrogen-bond donors (Lipinski definition) is 2. The second-order valence-electron chi connectivity index (χ2n) is 5.53. The third-order valence-electron chi connectivity index (χ3n) is 3.76. The predicted octanol–water partition coefficient (Wildman–Crippen LogP) is 1.89. The highest BCUT2D eigenvalue weighted by Gasteiger charge is 2.13. The molecule has 21 heavy (non-hydrogen) atoms. The minimum Gasteiger partial charge on any atom is -0.397 e. The van der Waals surface area contributed by atoms with E-state index in [1.165, 1.54) is 0 Å². The zero-order valence-corrected chi connectivity index (χ0v) is 13.2. The smallest absolute Gasteiger partial charge is 0.224 e. The van der Waals surface area contributed by atoms with Gasteiger partial charge in [-0.25, -0.2) is 0 Å². The van der Waals surface area contributed by atoms with Crippen LogP contribution in [0.5, 0.6) is 0 Å². The Morgan fingerprint density at radius 1 is 1.33 bits per heavy atom. The van der Waals surface area contributed by atoms with Gasteiger partial charge in [-0.15, -0.1) is 0 Å². The minimum absolute atomic E-state index is 0.0157. The molecule has 1 aliphatic heterocycles. The van der Waals surface area contributed by atoms with E-state index in [1.54, 1.807) is 18.2 Å². The zero-order chi connectivity index (χ0) is 15.2. The van der Waals surface area contributed by atoms with Crippen molar-refractivity contribution in [2.45, 2.75) is 12.8 Å². The molecule has 0 aliphatic carbocycles. The highest BCUT2D eigenvalue weighted by molar-refractivity contribution is 6.31. The first kappa shape index (κ1) is 16.1. The first-order chi connectivity index (χ1) is 10.0. The normalized spacial score (nSPS) is 16.9. The van der Waals surface area contributed by atoms with Gasteiger partial charge in [0.15, 0.2) is 0 Å². The van der Waals surface area contributed by atoms with Crippen molar-refractivity contribution >= 4 is 28.9 Å². The van der Waals surface area contributed by atoms with E-state index < -0.39 is 0 Å². The average Bonchev–Trinajstić information content (AvgIpc) is 2.45. The Morgan fingerprint density at radius 3 is 2.76 bits per heavy atom. The Bertz CT molecular complexity index is 487. The average molecular weight is 311 g/mol. The molecule has 0 radical (unpaired) electrons. The molecule has 0 spiro atoms. The Kier molecular flexibility index (Phi) is 5.85. The summed E-state index contributed by atoms with van der Waals surface area (Å²) in [5, 5.41) is 3.39. The number of benzene rings is 1. The molecule has 1 amide bonds. The second kappa shape index (κ2) is 7.64. The number of nitrogens with zero attached hydrogens (tertiary/aromatic N) is 2. The first-order valence-corrected chi connectivity index (χ1v) is 7.68. The number of amides is 1. The number of carbonyl (C=O) groups is 1. The minimum atomic E-state index is -0.0157. The fraction of sp³-hybridized carbons (Fsp3) is 0.533. The van der Waals surface area contributed by atoms with E-state index >= 15 is 0 Å². The molecule has 0 bridgehead atoms. The van der Waals surface area contributed by atoms with E-state index in [2.05, 4.69) is 22.2 Å². The molecule has 0 atom stereocenters. The molecule has 6 heteroatoms. The summed E-state index contributed by atoms with van der Waals surface area (Å²) in [7, 11) is 2.14. The van der Waals surface area contributed by atoms with Crippen molar-refractivity contribution in [3.05, 3.63) is 23.2 Å². The third kappa shape index (κ3) is 5.19. The fourth-order valence-electron chi connectivity index (χ4n) is 2.38. The summed E-state index contributed by atoms with van der Waals surface area (Å²) < 4.78 is 0. The van der Waals surface area contributed by atoms with Crippen LogP contribution < -0.4 is 11.1 Å². The molecule has 1 heterocycles. The number of nitrogens with two attached hydrogens (primary N) is 1. The second-order valence-corrected chi connectivity index (χ2v) is 5.96. The molecular formula is C15H23ClN4O. The SMILES string of the molecule is CN1CCN(CCCC(=O)Nc2cc(Cl)ccc2N)CC1. The van der Waals surface area contributed by atoms with E-state index in [-0.39, 0.29) is 5.91 Å². The zero-order valence-electron chi connectivity index (χ0n) is 12.4. The fourth-order valence-corrected chi connectivity index (χ4v) is 2.56. The number of carbonyl (C=O) groups excluding carboxylic acids is 1. The van der Waals surface area contributed by atoms with Crippen molar-refractivity contribution in [1.29, 1.82) is 0 Å². The molecule has 3 N–H and O–H groups in total. The number of piperazine rings is 1. The quantitative estimate of drug-likeness (QED) is 0.815. The molecule has 1 aromatic rings. The monoisotopic (exact) mass is 310 g/mol. The van der Waals surface area contributed by atoms with Crippen molar-refractivity contribution in [2.24, 2.45) is 0 Å². The van der Waals surface area contributed by atoms with Crippen molar-refractivity contribution < 1.29 is 4.79 Å². The van der Waals surface area contributed by atoms with Crippen LogP contribution in [0.25, 0.3) is 0 Å². The van der Waals surface area contributed by atoms with Crippen LogP contribution in [0.3, 0.4) is 0 Å². The van der Waals surface area contributed by atoms with Gasteiger partial charge in [-0.05, 0) is 38.2 Å². The van der Waals surface area contributed by atoms with Crippen LogP contribution in [0.2, 0.25) is 5.02 Å². The van der Waals surface area contributed by atoms with Gasteiger partial charge in [-0.2, -0.15) is 0 Å². The maximum absolute atomic E-state index is 11.9. The number of likely N-dealkylation sites (N-methyl/N-ethyl adjacent to an activating group) is 1. The lowest BCUT2D eigenvalue weighted by Gasteiger charge is -2.32. The summed E-state index contributed by atoms with van der Waals surface area (Å²) >= 11 is 5.90. The number of halogens is 1. The lowest BCUT2D eigenvalue weighted by molar-refractivity contribution is -0.116. The molecular weight excluding hydrogens is 288 g/mol. The van der Waals surface area contributed by atoms with E-state index in [0.29, 0.717) is 22.8 Å². The van der Waals surface area contributed by atoms with Crippen LogP contribution in [-0.4, -0.2) is 55.5 Å². The van der Waals surface area contributed by atoms with Crippen LogP contribution in [0.15, 0.2) is 18.2 Å². The number of anilines is 2. The molecule has 0 aromatic heterocycles. The summed E-state index contributed by atoms with van der Waals surface area (Å²) in [6, 6.07) is 5.08. The van der Waals surface area contributed by atoms with E-state index in [9.17, 15) is 4.79 Å². The van der Waals surface area contributed by atoms with Crippen molar-refractivity contribution in [3.8, 4) is 0 Å². The summed E-state index contributed by atoms with van der Waals surface area (Å²) in [4.78, 5) is 16.7. The van der Waals surface area contributed by atoms with Gasteiger partial charge in [-0.3, -0.25) is 4.79 Å². The Hall–Kier alpha value is -1.30. The first-order valence-electron chi connectivity index (χ1n) is 7.30. The highest BCUT2D eigenvalue weighted by Crippen LogP contribution is 2.23. The molecule has 5 nitrogen and oxygen atoms in total. The topological polar surface area (TPSA) is 61.6 Å². The van der Waals surface area contributed by atoms with Crippen molar-refractivity contribution in [3.63, 3.8) is 0 Å². The number of rotatable bonds is 5. The standard InChI is InChI=1S/C15H23ClN4O/c1-19-7-9-20(10-8-19)6-2-3-15(21)18-14-11-12(16)4-5-13(14)17/h4-5,11H,2-3,6-10,17H2,1H3,(H,18,21). The van der Waals surface area contributed by atoms with Gasteiger partial charge in [-0.1, -0.05) is 11.6 Å². The van der Waals surface area contributed by atoms with Gasteiger partial charge in [0.1, 0.15) is 0 Å². The maximum atomic E-state index is 11.9. The summed E-state index contributed by atoms with van der Waals surface area (Å²) in [5.41, 5.74) is 6.93. The van der Waals surface area contributed by atoms with Gasteiger partial charge in [0.25, 0.3) is 0 Å². The molecule has 1 aromatic carbocycles. The lowest BCUT2D eigenvalue weighted by Crippen LogP contribution is -2.44. The summed E-state index contributed by atoms with van der Waals surface area (Å²) in [6.45, 7) is 5.33. The number of hydrogen-bond acceptors (Lipinski definition) is 4. The van der Waals surface area contributed by atoms with Crippen LogP contribution in [0.1, 0.15) is 12.8 Å². The Balaban J connectivity index is 1.71. The molecule has 1 saturated heterocycles. The summed E-state index contributed by atoms with van der Waals surface area (Å²) in [6.07, 6.45) is 1.36.